The zero-order chi connectivity index (χ0) is 24.9. The van der Waals surface area contributed by atoms with E-state index >= 15 is 0 Å². The van der Waals surface area contributed by atoms with Crippen LogP contribution in [0.4, 0.5) is 5.69 Å². The number of carbonyl (C=O) groups is 3. The number of nitrogens with one attached hydrogen (secondary N) is 3. The van der Waals surface area contributed by atoms with Gasteiger partial charge in [-0.3, -0.25) is 14.4 Å². The minimum absolute atomic E-state index is 0.0180. The number of amides is 2. The van der Waals surface area contributed by atoms with Gasteiger partial charge in [0.25, 0.3) is 5.91 Å². The second-order valence-corrected chi connectivity index (χ2v) is 8.30. The molecule has 10 heteroatoms. The highest BCUT2D eigenvalue weighted by Crippen LogP contribution is 2.25. The first-order valence-corrected chi connectivity index (χ1v) is 11.3. The number of ether oxygens (including phenoxy) is 2. The Balaban J connectivity index is 1.21. The zero-order valence-corrected chi connectivity index (χ0v) is 19.2. The van der Waals surface area contributed by atoms with Crippen LogP contribution < -0.4 is 15.4 Å². The lowest BCUT2D eigenvalue weighted by Crippen LogP contribution is -2.25. The summed E-state index contributed by atoms with van der Waals surface area (Å²) in [5.74, 6) is -0.0391. The zero-order valence-electron chi connectivity index (χ0n) is 19.2. The highest BCUT2D eigenvalue weighted by atomic mass is 16.5. The van der Waals surface area contributed by atoms with Gasteiger partial charge in [-0.05, 0) is 23.3 Å². The number of anilines is 1. The Hall–Kier alpha value is -4.57. The summed E-state index contributed by atoms with van der Waals surface area (Å²) in [5.41, 5.74) is 4.00. The van der Waals surface area contributed by atoms with E-state index < -0.39 is 5.91 Å². The molecule has 0 saturated heterocycles. The number of Topliss-reactive ketones (excluding diaryl/α,β-unsaturated/α-hetero) is 1. The number of aromatic nitrogens is 3. The molecule has 2 amide bonds. The summed E-state index contributed by atoms with van der Waals surface area (Å²) in [5, 5.41) is 5.59. The minimum Gasteiger partial charge on any atom is -0.486 e. The molecule has 5 rings (SSSR count). The van der Waals surface area contributed by atoms with E-state index in [2.05, 4.69) is 25.6 Å². The lowest BCUT2D eigenvalue weighted by molar-refractivity contribution is -0.121. The molecule has 10 nitrogen and oxygen atoms in total. The maximum atomic E-state index is 12.9. The smallest absolute Gasteiger partial charge is 0.272 e. The fourth-order valence-corrected chi connectivity index (χ4v) is 3.94. The van der Waals surface area contributed by atoms with Crippen molar-refractivity contribution < 1.29 is 23.9 Å². The Bertz CT molecular complexity index is 1430. The molecule has 0 fully saturated rings. The van der Waals surface area contributed by atoms with Crippen LogP contribution in [0.25, 0.3) is 11.0 Å². The van der Waals surface area contributed by atoms with Crippen molar-refractivity contribution in [3.63, 3.8) is 0 Å². The third kappa shape index (κ3) is 5.23. The van der Waals surface area contributed by atoms with E-state index in [9.17, 15) is 14.4 Å². The van der Waals surface area contributed by atoms with E-state index in [1.54, 1.807) is 12.3 Å². The molecule has 36 heavy (non-hydrogen) atoms. The Kier molecular flexibility index (Phi) is 6.67. The maximum absolute atomic E-state index is 12.9. The van der Waals surface area contributed by atoms with Crippen molar-refractivity contribution in [3.05, 3.63) is 83.4 Å². The lowest BCUT2D eigenvalue weighted by atomic mass is 10.0. The van der Waals surface area contributed by atoms with Crippen LogP contribution in [-0.4, -0.2) is 45.8 Å². The summed E-state index contributed by atoms with van der Waals surface area (Å²) in [6.45, 7) is 0.528. The van der Waals surface area contributed by atoms with Crippen LogP contribution >= 0.6 is 0 Å². The number of hydrogen-bond donors (Lipinski definition) is 3. The SMILES string of the molecule is O=C1COc2ccc(CNC(=O)c3ncnc4c(NC(=O)COCc5ccccc5)c[nH]c34)cc2C1. The van der Waals surface area contributed by atoms with Crippen LogP contribution in [0.3, 0.4) is 0 Å². The summed E-state index contributed by atoms with van der Waals surface area (Å²) < 4.78 is 10.9. The van der Waals surface area contributed by atoms with Crippen molar-refractivity contribution in [2.45, 2.75) is 19.6 Å². The van der Waals surface area contributed by atoms with Gasteiger partial charge in [0.2, 0.25) is 5.91 Å². The molecule has 2 aromatic carbocycles. The summed E-state index contributed by atoms with van der Waals surface area (Å²) in [7, 11) is 0. The molecule has 0 radical (unpaired) electrons. The molecule has 1 aliphatic heterocycles. The Labute approximate surface area is 206 Å². The van der Waals surface area contributed by atoms with Gasteiger partial charge < -0.3 is 25.1 Å². The molecule has 3 N–H and O–H groups in total. The molecule has 1 aliphatic rings. The van der Waals surface area contributed by atoms with Crippen molar-refractivity contribution in [1.29, 1.82) is 0 Å². The molecular formula is C26H23N5O5. The van der Waals surface area contributed by atoms with Gasteiger partial charge in [0, 0.05) is 24.7 Å². The second kappa shape index (κ2) is 10.4. The fourth-order valence-electron chi connectivity index (χ4n) is 3.94. The Morgan fingerprint density at radius 1 is 1.08 bits per heavy atom. The fraction of sp³-hybridized carbons (Fsp3) is 0.192. The van der Waals surface area contributed by atoms with Gasteiger partial charge in [-0.2, -0.15) is 0 Å². The van der Waals surface area contributed by atoms with E-state index in [-0.39, 0.29) is 37.1 Å². The van der Waals surface area contributed by atoms with Gasteiger partial charge in [-0.1, -0.05) is 36.4 Å². The number of nitrogens with zero attached hydrogens (tertiary/aromatic N) is 2. The first kappa shape index (κ1) is 23.2. The molecule has 0 saturated carbocycles. The summed E-state index contributed by atoms with van der Waals surface area (Å²) >= 11 is 0. The van der Waals surface area contributed by atoms with Gasteiger partial charge in [-0.25, -0.2) is 9.97 Å². The van der Waals surface area contributed by atoms with Crippen LogP contribution in [-0.2, 0) is 33.9 Å². The average molecular weight is 486 g/mol. The number of H-pyrrole nitrogens is 1. The number of aromatic amines is 1. The van der Waals surface area contributed by atoms with Gasteiger partial charge in [-0.15, -0.1) is 0 Å². The average Bonchev–Trinajstić information content (AvgIpc) is 3.30. The monoisotopic (exact) mass is 485 g/mol. The van der Waals surface area contributed by atoms with Crippen LogP contribution in [0.5, 0.6) is 5.75 Å². The van der Waals surface area contributed by atoms with Crippen molar-refractivity contribution in [1.82, 2.24) is 20.3 Å². The number of hydrogen-bond acceptors (Lipinski definition) is 7. The Morgan fingerprint density at radius 3 is 2.81 bits per heavy atom. The highest BCUT2D eigenvalue weighted by Gasteiger charge is 2.19. The number of ketones is 1. The van der Waals surface area contributed by atoms with Crippen LogP contribution in [0.1, 0.15) is 27.2 Å². The quantitative estimate of drug-likeness (QED) is 0.349. The van der Waals surface area contributed by atoms with Crippen LogP contribution in [0, 0.1) is 0 Å². The topological polar surface area (TPSA) is 135 Å². The highest BCUT2D eigenvalue weighted by molar-refractivity contribution is 6.08. The first-order chi connectivity index (χ1) is 17.6. The van der Waals surface area contributed by atoms with Crippen molar-refractivity contribution in [2.24, 2.45) is 0 Å². The summed E-state index contributed by atoms with van der Waals surface area (Å²) in [4.78, 5) is 48.2. The molecule has 2 aromatic heterocycles. The number of fused-ring (bicyclic) bond motifs is 2. The molecule has 4 aromatic rings. The van der Waals surface area contributed by atoms with Gasteiger partial charge in [0.05, 0.1) is 17.8 Å². The summed E-state index contributed by atoms with van der Waals surface area (Å²) in [6, 6.07) is 15.1. The third-order valence-corrected chi connectivity index (χ3v) is 5.65. The van der Waals surface area contributed by atoms with Crippen molar-refractivity contribution >= 4 is 34.3 Å². The molecule has 182 valence electrons. The van der Waals surface area contributed by atoms with E-state index in [4.69, 9.17) is 9.47 Å². The van der Waals surface area contributed by atoms with Crippen LogP contribution in [0.2, 0.25) is 0 Å². The van der Waals surface area contributed by atoms with E-state index in [0.717, 1.165) is 16.7 Å². The standard InChI is InChI=1S/C26H23N5O5/c32-19-9-18-8-17(6-7-21(18)36-13-19)10-28-26(34)25-24-23(29-15-30-25)20(11-27-24)31-22(33)14-35-12-16-4-2-1-3-5-16/h1-8,11,15,27H,9-10,12-14H2,(H,28,34)(H,31,33). The largest absolute Gasteiger partial charge is 0.486 e. The second-order valence-electron chi connectivity index (χ2n) is 8.30. The van der Waals surface area contributed by atoms with E-state index in [1.807, 2.05) is 42.5 Å². The van der Waals surface area contributed by atoms with E-state index in [0.29, 0.717) is 35.5 Å². The third-order valence-electron chi connectivity index (χ3n) is 5.65. The molecule has 0 bridgehead atoms. The Morgan fingerprint density at radius 2 is 1.94 bits per heavy atom. The van der Waals surface area contributed by atoms with Crippen molar-refractivity contribution in [3.8, 4) is 5.75 Å². The molecule has 0 spiro atoms. The molecule has 0 atom stereocenters. The predicted octanol–water partition coefficient (Wildman–Crippen LogP) is 2.55. The number of rotatable bonds is 8. The van der Waals surface area contributed by atoms with Crippen LogP contribution in [0.15, 0.2) is 61.1 Å². The predicted molar refractivity (Wildman–Crippen MR) is 130 cm³/mol. The van der Waals surface area contributed by atoms with E-state index in [1.165, 1.54) is 6.33 Å². The molecule has 0 unspecified atom stereocenters. The van der Waals surface area contributed by atoms with Gasteiger partial charge >= 0.3 is 0 Å². The first-order valence-electron chi connectivity index (χ1n) is 11.3. The molecule has 3 heterocycles. The van der Waals surface area contributed by atoms with Gasteiger partial charge in [0.1, 0.15) is 30.8 Å². The molecule has 0 aliphatic carbocycles. The van der Waals surface area contributed by atoms with Gasteiger partial charge in [0.15, 0.2) is 11.5 Å². The molecular weight excluding hydrogens is 462 g/mol. The number of benzene rings is 2. The van der Waals surface area contributed by atoms with Crippen molar-refractivity contribution in [2.75, 3.05) is 18.5 Å². The number of carbonyl (C=O) groups excluding carboxylic acids is 3. The maximum Gasteiger partial charge on any atom is 0.272 e. The minimum atomic E-state index is -0.404. The lowest BCUT2D eigenvalue weighted by Gasteiger charge is -2.17. The summed E-state index contributed by atoms with van der Waals surface area (Å²) in [6.07, 6.45) is 3.15. The normalized spacial score (nSPS) is 12.6.